The molecule has 1 unspecified atom stereocenters. The van der Waals surface area contributed by atoms with E-state index in [1.54, 1.807) is 0 Å². The molecule has 0 aromatic rings. The second kappa shape index (κ2) is 4.04. The molecule has 1 aliphatic rings. The molecule has 0 bridgehead atoms. The number of β-amino-alcohol motifs (C(OH)–C–C–N with tert-alkyl or cyclic N) is 2. The number of hydrogen-bond acceptors (Lipinski definition) is 3. The van der Waals surface area contributed by atoms with Gasteiger partial charge in [0.25, 0.3) is 0 Å². The zero-order valence-electron chi connectivity index (χ0n) is 10.6. The minimum Gasteiger partial charge on any atom is -0.389 e. The Bertz CT molecular complexity index is 218. The molecule has 3 nitrogen and oxygen atoms in total. The van der Waals surface area contributed by atoms with Crippen molar-refractivity contribution in [2.75, 3.05) is 19.6 Å². The van der Waals surface area contributed by atoms with E-state index >= 15 is 0 Å². The predicted octanol–water partition coefficient (Wildman–Crippen LogP) is 1.10. The van der Waals surface area contributed by atoms with Gasteiger partial charge >= 0.3 is 0 Å². The molecule has 2 N–H and O–H groups in total. The standard InChI is InChI=1S/C12H25NO2/c1-9(2)11(5,14)6-13-7-12(15,8-13)10(3)4/h9-10,14-15H,6-8H2,1-5H3. The zero-order valence-corrected chi connectivity index (χ0v) is 10.6. The summed E-state index contributed by atoms with van der Waals surface area (Å²) in [4.78, 5) is 2.12. The number of rotatable bonds is 4. The lowest BCUT2D eigenvalue weighted by molar-refractivity contribution is -0.151. The second-order valence-electron chi connectivity index (χ2n) is 5.92. The average molecular weight is 215 g/mol. The van der Waals surface area contributed by atoms with E-state index in [-0.39, 0.29) is 11.8 Å². The number of nitrogens with zero attached hydrogens (tertiary/aromatic N) is 1. The fourth-order valence-electron chi connectivity index (χ4n) is 1.84. The zero-order chi connectivity index (χ0) is 11.9. The fraction of sp³-hybridized carbons (Fsp3) is 1.00. The van der Waals surface area contributed by atoms with Crippen LogP contribution in [0.15, 0.2) is 0 Å². The Kier molecular flexibility index (Phi) is 3.49. The van der Waals surface area contributed by atoms with E-state index in [0.29, 0.717) is 19.6 Å². The Morgan fingerprint density at radius 2 is 1.73 bits per heavy atom. The van der Waals surface area contributed by atoms with E-state index < -0.39 is 11.2 Å². The van der Waals surface area contributed by atoms with Crippen LogP contribution < -0.4 is 0 Å². The minimum absolute atomic E-state index is 0.241. The van der Waals surface area contributed by atoms with Crippen molar-refractivity contribution in [3.8, 4) is 0 Å². The van der Waals surface area contributed by atoms with E-state index in [0.717, 1.165) is 0 Å². The second-order valence-corrected chi connectivity index (χ2v) is 5.92. The highest BCUT2D eigenvalue weighted by Gasteiger charge is 2.45. The molecular formula is C12H25NO2. The molecule has 0 radical (unpaired) electrons. The maximum absolute atomic E-state index is 10.1. The first-order valence-electron chi connectivity index (χ1n) is 5.84. The minimum atomic E-state index is -0.654. The molecule has 3 heteroatoms. The molecule has 15 heavy (non-hydrogen) atoms. The lowest BCUT2D eigenvalue weighted by Gasteiger charge is -2.51. The van der Waals surface area contributed by atoms with E-state index in [1.165, 1.54) is 0 Å². The fourth-order valence-corrected chi connectivity index (χ4v) is 1.84. The molecule has 0 aliphatic carbocycles. The normalized spacial score (nSPS) is 25.4. The van der Waals surface area contributed by atoms with E-state index in [4.69, 9.17) is 0 Å². The van der Waals surface area contributed by atoms with Crippen molar-refractivity contribution < 1.29 is 10.2 Å². The summed E-state index contributed by atoms with van der Waals surface area (Å²) in [7, 11) is 0. The lowest BCUT2D eigenvalue weighted by atomic mass is 9.81. The first kappa shape index (κ1) is 12.9. The van der Waals surface area contributed by atoms with Crippen molar-refractivity contribution >= 4 is 0 Å². The quantitative estimate of drug-likeness (QED) is 0.738. The van der Waals surface area contributed by atoms with Gasteiger partial charge in [-0.3, -0.25) is 4.90 Å². The van der Waals surface area contributed by atoms with Gasteiger partial charge in [-0.05, 0) is 18.8 Å². The SMILES string of the molecule is CC(C)C(C)(O)CN1CC(O)(C(C)C)C1. The summed E-state index contributed by atoms with van der Waals surface area (Å²) in [5.41, 5.74) is -1.19. The Morgan fingerprint density at radius 1 is 1.27 bits per heavy atom. The summed E-state index contributed by atoms with van der Waals surface area (Å²) in [6.07, 6.45) is 0. The summed E-state index contributed by atoms with van der Waals surface area (Å²) in [6.45, 7) is 12.0. The van der Waals surface area contributed by atoms with Crippen LogP contribution in [0, 0.1) is 11.8 Å². The summed E-state index contributed by atoms with van der Waals surface area (Å²) >= 11 is 0. The lowest BCUT2D eigenvalue weighted by Crippen LogP contribution is -2.67. The van der Waals surface area contributed by atoms with Gasteiger partial charge in [-0.25, -0.2) is 0 Å². The van der Waals surface area contributed by atoms with Crippen LogP contribution >= 0.6 is 0 Å². The molecular weight excluding hydrogens is 190 g/mol. The van der Waals surface area contributed by atoms with Crippen molar-refractivity contribution in [3.05, 3.63) is 0 Å². The van der Waals surface area contributed by atoms with Gasteiger partial charge in [0.1, 0.15) is 0 Å². The van der Waals surface area contributed by atoms with Crippen molar-refractivity contribution in [2.24, 2.45) is 11.8 Å². The third-order valence-electron chi connectivity index (χ3n) is 3.86. The summed E-state index contributed by atoms with van der Waals surface area (Å²) in [6, 6.07) is 0. The smallest absolute Gasteiger partial charge is 0.0922 e. The Morgan fingerprint density at radius 3 is 2.07 bits per heavy atom. The van der Waals surface area contributed by atoms with Gasteiger partial charge in [0, 0.05) is 19.6 Å². The van der Waals surface area contributed by atoms with Gasteiger partial charge in [0.05, 0.1) is 11.2 Å². The molecule has 0 saturated carbocycles. The first-order valence-corrected chi connectivity index (χ1v) is 5.84. The van der Waals surface area contributed by atoms with Crippen LogP contribution in [0.2, 0.25) is 0 Å². The summed E-state index contributed by atoms with van der Waals surface area (Å²) in [5.74, 6) is 0.531. The molecule has 90 valence electrons. The topological polar surface area (TPSA) is 43.7 Å². The molecule has 1 fully saturated rings. The highest BCUT2D eigenvalue weighted by molar-refractivity contribution is 4.99. The molecule has 0 aromatic heterocycles. The molecule has 1 heterocycles. The molecule has 1 rings (SSSR count). The molecule has 1 atom stereocenters. The van der Waals surface area contributed by atoms with Crippen LogP contribution in [0.3, 0.4) is 0 Å². The van der Waals surface area contributed by atoms with E-state index in [2.05, 4.69) is 4.90 Å². The monoisotopic (exact) mass is 215 g/mol. The van der Waals surface area contributed by atoms with Crippen LogP contribution in [0.4, 0.5) is 0 Å². The number of hydrogen-bond donors (Lipinski definition) is 2. The highest BCUT2D eigenvalue weighted by Crippen LogP contribution is 2.30. The van der Waals surface area contributed by atoms with Crippen molar-refractivity contribution in [1.82, 2.24) is 4.90 Å². The largest absolute Gasteiger partial charge is 0.389 e. The third kappa shape index (κ3) is 2.71. The molecule has 1 aliphatic heterocycles. The van der Waals surface area contributed by atoms with Crippen molar-refractivity contribution in [3.63, 3.8) is 0 Å². The maximum atomic E-state index is 10.1. The van der Waals surface area contributed by atoms with Gasteiger partial charge in [0.2, 0.25) is 0 Å². The van der Waals surface area contributed by atoms with Crippen LogP contribution in [0.1, 0.15) is 34.6 Å². The van der Waals surface area contributed by atoms with Gasteiger partial charge in [-0.15, -0.1) is 0 Å². The Balaban J connectivity index is 2.41. The van der Waals surface area contributed by atoms with Gasteiger partial charge < -0.3 is 10.2 Å². The molecule has 0 amide bonds. The average Bonchev–Trinajstić information content (AvgIpc) is 1.99. The van der Waals surface area contributed by atoms with Crippen molar-refractivity contribution in [1.29, 1.82) is 0 Å². The van der Waals surface area contributed by atoms with E-state index in [9.17, 15) is 10.2 Å². The van der Waals surface area contributed by atoms with Crippen LogP contribution in [-0.4, -0.2) is 45.9 Å². The van der Waals surface area contributed by atoms with Crippen molar-refractivity contribution in [2.45, 2.75) is 45.8 Å². The van der Waals surface area contributed by atoms with E-state index in [1.807, 2.05) is 34.6 Å². The maximum Gasteiger partial charge on any atom is 0.0922 e. The number of likely N-dealkylation sites (tertiary alicyclic amines) is 1. The van der Waals surface area contributed by atoms with Crippen LogP contribution in [0.5, 0.6) is 0 Å². The Hall–Kier alpha value is -0.120. The van der Waals surface area contributed by atoms with Gasteiger partial charge in [0.15, 0.2) is 0 Å². The number of aliphatic hydroxyl groups is 2. The molecule has 1 saturated heterocycles. The molecule has 0 aromatic carbocycles. The summed E-state index contributed by atoms with van der Waals surface area (Å²) < 4.78 is 0. The predicted molar refractivity (Wildman–Crippen MR) is 61.7 cm³/mol. The Labute approximate surface area is 93.1 Å². The molecule has 0 spiro atoms. The van der Waals surface area contributed by atoms with Crippen LogP contribution in [-0.2, 0) is 0 Å². The first-order chi connectivity index (χ1) is 6.67. The van der Waals surface area contributed by atoms with Crippen LogP contribution in [0.25, 0.3) is 0 Å². The van der Waals surface area contributed by atoms with Gasteiger partial charge in [-0.2, -0.15) is 0 Å². The third-order valence-corrected chi connectivity index (χ3v) is 3.86. The van der Waals surface area contributed by atoms with Gasteiger partial charge in [-0.1, -0.05) is 27.7 Å². The summed E-state index contributed by atoms with van der Waals surface area (Å²) in [5, 5.41) is 20.2. The highest BCUT2D eigenvalue weighted by atomic mass is 16.3.